The molecule has 21 heavy (non-hydrogen) atoms. The van der Waals surface area contributed by atoms with Crippen LogP contribution in [0.25, 0.3) is 0 Å². The molecule has 0 saturated carbocycles. The third kappa shape index (κ3) is 3.74. The summed E-state index contributed by atoms with van der Waals surface area (Å²) in [7, 11) is -3.82. The first kappa shape index (κ1) is 16.2. The van der Waals surface area contributed by atoms with Crippen molar-refractivity contribution < 1.29 is 12.8 Å². The summed E-state index contributed by atoms with van der Waals surface area (Å²) in [6.45, 7) is 1.67. The van der Waals surface area contributed by atoms with Gasteiger partial charge in [0.15, 0.2) is 0 Å². The van der Waals surface area contributed by atoms with Crippen LogP contribution in [0.15, 0.2) is 47.4 Å². The molecule has 112 valence electrons. The van der Waals surface area contributed by atoms with Gasteiger partial charge in [0.25, 0.3) is 0 Å². The zero-order valence-corrected chi connectivity index (χ0v) is 13.3. The summed E-state index contributed by atoms with van der Waals surface area (Å²) in [6, 6.07) is 9.63. The SMILES string of the molecule is CC(NS(=O)(=O)c1ccc(F)c(Cl)c1)c1ccccc1Cl. The molecule has 2 aromatic carbocycles. The van der Waals surface area contributed by atoms with Crippen LogP contribution in [0.4, 0.5) is 4.39 Å². The second-order valence-electron chi connectivity index (χ2n) is 4.44. The van der Waals surface area contributed by atoms with Gasteiger partial charge in [0.05, 0.1) is 9.92 Å². The fourth-order valence-corrected chi connectivity index (χ4v) is 3.63. The van der Waals surface area contributed by atoms with Gasteiger partial charge < -0.3 is 0 Å². The van der Waals surface area contributed by atoms with Crippen LogP contribution in [0.3, 0.4) is 0 Å². The molecular formula is C14H12Cl2FNO2S. The van der Waals surface area contributed by atoms with Gasteiger partial charge in [0.1, 0.15) is 5.82 Å². The summed E-state index contributed by atoms with van der Waals surface area (Å²) >= 11 is 11.6. The molecule has 1 atom stereocenters. The lowest BCUT2D eigenvalue weighted by atomic mass is 10.1. The van der Waals surface area contributed by atoms with Crippen LogP contribution < -0.4 is 4.72 Å². The summed E-state index contributed by atoms with van der Waals surface area (Å²) in [5.41, 5.74) is 0.649. The minimum Gasteiger partial charge on any atom is -0.207 e. The molecule has 1 unspecified atom stereocenters. The smallest absolute Gasteiger partial charge is 0.207 e. The lowest BCUT2D eigenvalue weighted by Crippen LogP contribution is -2.27. The van der Waals surface area contributed by atoms with Crippen molar-refractivity contribution in [2.75, 3.05) is 0 Å². The Bertz CT molecular complexity index is 765. The highest BCUT2D eigenvalue weighted by atomic mass is 35.5. The average Bonchev–Trinajstić information content (AvgIpc) is 2.41. The van der Waals surface area contributed by atoms with E-state index in [1.165, 1.54) is 0 Å². The quantitative estimate of drug-likeness (QED) is 0.901. The van der Waals surface area contributed by atoms with Gasteiger partial charge in [-0.05, 0) is 36.8 Å². The molecular weight excluding hydrogens is 336 g/mol. The van der Waals surface area contributed by atoms with E-state index in [0.29, 0.717) is 10.6 Å². The van der Waals surface area contributed by atoms with Crippen LogP contribution in [0.5, 0.6) is 0 Å². The van der Waals surface area contributed by atoms with Crippen molar-refractivity contribution >= 4 is 33.2 Å². The van der Waals surface area contributed by atoms with Crippen molar-refractivity contribution in [3.8, 4) is 0 Å². The average molecular weight is 348 g/mol. The number of nitrogens with one attached hydrogen (secondary N) is 1. The molecule has 0 heterocycles. The minimum absolute atomic E-state index is 0.104. The van der Waals surface area contributed by atoms with Gasteiger partial charge >= 0.3 is 0 Å². The zero-order valence-electron chi connectivity index (χ0n) is 11.0. The Hall–Kier alpha value is -1.14. The maximum Gasteiger partial charge on any atom is 0.241 e. The lowest BCUT2D eigenvalue weighted by Gasteiger charge is -2.16. The highest BCUT2D eigenvalue weighted by Crippen LogP contribution is 2.25. The minimum atomic E-state index is -3.82. The highest BCUT2D eigenvalue weighted by Gasteiger charge is 2.20. The zero-order chi connectivity index (χ0) is 15.6. The second-order valence-corrected chi connectivity index (χ2v) is 6.97. The first-order valence-corrected chi connectivity index (χ1v) is 8.27. The van der Waals surface area contributed by atoms with E-state index in [0.717, 1.165) is 18.2 Å². The molecule has 0 fully saturated rings. The van der Waals surface area contributed by atoms with E-state index in [4.69, 9.17) is 23.2 Å². The summed E-state index contributed by atoms with van der Waals surface area (Å²) in [5, 5.41) is 0.216. The lowest BCUT2D eigenvalue weighted by molar-refractivity contribution is 0.566. The van der Waals surface area contributed by atoms with Crippen LogP contribution in [-0.4, -0.2) is 8.42 Å². The number of sulfonamides is 1. The molecule has 0 amide bonds. The number of rotatable bonds is 4. The van der Waals surface area contributed by atoms with Crippen LogP contribution in [0.2, 0.25) is 10.0 Å². The number of halogens is 3. The van der Waals surface area contributed by atoms with Gasteiger partial charge in [-0.25, -0.2) is 17.5 Å². The molecule has 0 aliphatic heterocycles. The standard InChI is InChI=1S/C14H12Cl2FNO2S/c1-9(11-4-2-3-5-12(11)15)18-21(19,20)10-6-7-14(17)13(16)8-10/h2-9,18H,1H3. The van der Waals surface area contributed by atoms with Gasteiger partial charge in [0.2, 0.25) is 10.0 Å². The first-order valence-electron chi connectivity index (χ1n) is 6.03. The molecule has 1 N–H and O–H groups in total. The molecule has 0 bridgehead atoms. The third-order valence-electron chi connectivity index (χ3n) is 2.91. The van der Waals surface area contributed by atoms with Crippen LogP contribution in [0, 0.1) is 5.82 Å². The predicted octanol–water partition coefficient (Wildman–Crippen LogP) is 4.17. The largest absolute Gasteiger partial charge is 0.241 e. The summed E-state index contributed by atoms with van der Waals surface area (Å²) < 4.78 is 40.1. The summed E-state index contributed by atoms with van der Waals surface area (Å²) in [5.74, 6) is -0.672. The third-order valence-corrected chi connectivity index (χ3v) is 5.08. The van der Waals surface area contributed by atoms with E-state index in [9.17, 15) is 12.8 Å². The predicted molar refractivity (Wildman–Crippen MR) is 81.6 cm³/mol. The molecule has 0 aliphatic rings. The molecule has 0 aliphatic carbocycles. The molecule has 0 saturated heterocycles. The monoisotopic (exact) mass is 347 g/mol. The fraction of sp³-hybridized carbons (Fsp3) is 0.143. The first-order chi connectivity index (χ1) is 9.81. The van der Waals surface area contributed by atoms with Crippen molar-refractivity contribution in [1.29, 1.82) is 0 Å². The molecule has 0 spiro atoms. The van der Waals surface area contributed by atoms with Crippen LogP contribution >= 0.6 is 23.2 Å². The van der Waals surface area contributed by atoms with E-state index in [-0.39, 0.29) is 9.92 Å². The Morgan fingerprint density at radius 3 is 2.38 bits per heavy atom. The van der Waals surface area contributed by atoms with Crippen molar-refractivity contribution in [3.05, 3.63) is 63.9 Å². The maximum atomic E-state index is 13.1. The van der Waals surface area contributed by atoms with Gasteiger partial charge in [0, 0.05) is 11.1 Å². The Kier molecular flexibility index (Phi) is 4.88. The number of hydrogen-bond acceptors (Lipinski definition) is 2. The van der Waals surface area contributed by atoms with Crippen LogP contribution in [0.1, 0.15) is 18.5 Å². The number of benzene rings is 2. The van der Waals surface area contributed by atoms with E-state index < -0.39 is 21.9 Å². The topological polar surface area (TPSA) is 46.2 Å². The summed E-state index contributed by atoms with van der Waals surface area (Å²) in [6.07, 6.45) is 0. The Labute approximate surface area is 132 Å². The van der Waals surface area contributed by atoms with E-state index >= 15 is 0 Å². The molecule has 7 heteroatoms. The van der Waals surface area contributed by atoms with Crippen LogP contribution in [-0.2, 0) is 10.0 Å². The Morgan fingerprint density at radius 1 is 1.10 bits per heavy atom. The van der Waals surface area contributed by atoms with Crippen molar-refractivity contribution in [3.63, 3.8) is 0 Å². The molecule has 0 radical (unpaired) electrons. The Morgan fingerprint density at radius 2 is 1.76 bits per heavy atom. The summed E-state index contributed by atoms with van der Waals surface area (Å²) in [4.78, 5) is -0.104. The Balaban J connectivity index is 2.29. The normalized spacial score (nSPS) is 13.1. The van der Waals surface area contributed by atoms with Gasteiger partial charge in [-0.3, -0.25) is 0 Å². The highest BCUT2D eigenvalue weighted by molar-refractivity contribution is 7.89. The second kappa shape index (κ2) is 6.32. The van der Waals surface area contributed by atoms with E-state index in [1.54, 1.807) is 31.2 Å². The molecule has 0 aromatic heterocycles. The van der Waals surface area contributed by atoms with Gasteiger partial charge in [-0.1, -0.05) is 41.4 Å². The van der Waals surface area contributed by atoms with E-state index in [2.05, 4.69) is 4.72 Å². The maximum absolute atomic E-state index is 13.1. The fourth-order valence-electron chi connectivity index (χ4n) is 1.83. The van der Waals surface area contributed by atoms with Crippen molar-refractivity contribution in [1.82, 2.24) is 4.72 Å². The van der Waals surface area contributed by atoms with Crippen molar-refractivity contribution in [2.24, 2.45) is 0 Å². The van der Waals surface area contributed by atoms with Crippen molar-refractivity contribution in [2.45, 2.75) is 17.9 Å². The molecule has 3 nitrogen and oxygen atoms in total. The van der Waals surface area contributed by atoms with E-state index in [1.807, 2.05) is 0 Å². The molecule has 2 aromatic rings. The molecule has 2 rings (SSSR count). The number of hydrogen-bond donors (Lipinski definition) is 1. The van der Waals surface area contributed by atoms with Gasteiger partial charge in [-0.15, -0.1) is 0 Å². The van der Waals surface area contributed by atoms with Gasteiger partial charge in [-0.2, -0.15) is 0 Å².